The van der Waals surface area contributed by atoms with E-state index in [1.807, 2.05) is 42.5 Å². The molecular formula is C18H20N2O2S. The van der Waals surface area contributed by atoms with Crippen molar-refractivity contribution in [3.8, 4) is 0 Å². The quantitative estimate of drug-likeness (QED) is 0.578. The number of carbonyl (C=O) groups is 1. The minimum absolute atomic E-state index is 0.105. The van der Waals surface area contributed by atoms with Gasteiger partial charge in [-0.2, -0.15) is 11.8 Å². The van der Waals surface area contributed by atoms with E-state index in [9.17, 15) is 4.79 Å². The number of rotatable bonds is 8. The lowest BCUT2D eigenvalue weighted by atomic mass is 10.2. The van der Waals surface area contributed by atoms with Crippen LogP contribution < -0.4 is 5.32 Å². The van der Waals surface area contributed by atoms with Gasteiger partial charge in [0.15, 0.2) is 0 Å². The Hall–Kier alpha value is -2.11. The molecule has 2 rings (SSSR count). The number of benzene rings is 2. The van der Waals surface area contributed by atoms with Crippen molar-refractivity contribution in [2.24, 2.45) is 4.99 Å². The highest BCUT2D eigenvalue weighted by Gasteiger charge is 2.05. The average molecular weight is 328 g/mol. The number of hydrogen-bond acceptors (Lipinski definition) is 4. The smallest absolute Gasteiger partial charge is 0.251 e. The van der Waals surface area contributed by atoms with E-state index >= 15 is 0 Å². The zero-order chi connectivity index (χ0) is 16.3. The first-order chi connectivity index (χ1) is 11.3. The monoisotopic (exact) mass is 328 g/mol. The van der Waals surface area contributed by atoms with Crippen molar-refractivity contribution in [3.05, 3.63) is 65.7 Å². The van der Waals surface area contributed by atoms with Gasteiger partial charge in [0, 0.05) is 29.8 Å². The lowest BCUT2D eigenvalue weighted by Gasteiger charge is -2.05. The van der Waals surface area contributed by atoms with Crippen LogP contribution in [0.1, 0.15) is 15.9 Å². The van der Waals surface area contributed by atoms with Crippen molar-refractivity contribution in [1.82, 2.24) is 5.32 Å². The lowest BCUT2D eigenvalue weighted by Crippen LogP contribution is -2.25. The SMILES string of the molecule is O=C(NCCSCCO)c1cccc(N=Cc2ccccc2)c1. The van der Waals surface area contributed by atoms with Crippen molar-refractivity contribution >= 4 is 29.6 Å². The van der Waals surface area contributed by atoms with E-state index in [4.69, 9.17) is 5.11 Å². The Bertz CT molecular complexity index is 644. The van der Waals surface area contributed by atoms with Crippen LogP contribution in [0.5, 0.6) is 0 Å². The van der Waals surface area contributed by atoms with E-state index in [1.54, 1.807) is 30.1 Å². The van der Waals surface area contributed by atoms with E-state index < -0.39 is 0 Å². The average Bonchev–Trinajstić information content (AvgIpc) is 2.61. The van der Waals surface area contributed by atoms with Crippen LogP contribution in [0.25, 0.3) is 0 Å². The highest BCUT2D eigenvalue weighted by atomic mass is 32.2. The molecule has 0 radical (unpaired) electrons. The predicted molar refractivity (Wildman–Crippen MR) is 96.9 cm³/mol. The Morgan fingerprint density at radius 2 is 1.96 bits per heavy atom. The zero-order valence-electron chi connectivity index (χ0n) is 12.8. The molecule has 2 aromatic carbocycles. The molecule has 2 aromatic rings. The van der Waals surface area contributed by atoms with Crippen LogP contribution in [0.2, 0.25) is 0 Å². The summed E-state index contributed by atoms with van der Waals surface area (Å²) in [6, 6.07) is 17.1. The second-order valence-corrected chi connectivity index (χ2v) is 6.04. The summed E-state index contributed by atoms with van der Waals surface area (Å²) in [5.74, 6) is 1.38. The number of nitrogens with one attached hydrogen (secondary N) is 1. The van der Waals surface area contributed by atoms with Crippen molar-refractivity contribution in [1.29, 1.82) is 0 Å². The van der Waals surface area contributed by atoms with E-state index in [0.717, 1.165) is 17.0 Å². The van der Waals surface area contributed by atoms with Gasteiger partial charge in [-0.3, -0.25) is 9.79 Å². The zero-order valence-corrected chi connectivity index (χ0v) is 13.6. The largest absolute Gasteiger partial charge is 0.396 e. The number of carbonyl (C=O) groups excluding carboxylic acids is 1. The topological polar surface area (TPSA) is 61.7 Å². The van der Waals surface area contributed by atoms with Gasteiger partial charge in [0.2, 0.25) is 0 Å². The van der Waals surface area contributed by atoms with Gasteiger partial charge >= 0.3 is 0 Å². The molecule has 0 fully saturated rings. The fraction of sp³-hybridized carbons (Fsp3) is 0.222. The number of aliphatic hydroxyl groups is 1. The number of aliphatic imine (C=N–C) groups is 1. The molecule has 2 N–H and O–H groups in total. The third-order valence-corrected chi connectivity index (χ3v) is 4.00. The van der Waals surface area contributed by atoms with Crippen LogP contribution >= 0.6 is 11.8 Å². The van der Waals surface area contributed by atoms with Crippen molar-refractivity contribution in [2.75, 3.05) is 24.7 Å². The Labute approximate surface area is 140 Å². The van der Waals surface area contributed by atoms with Crippen LogP contribution in [0.3, 0.4) is 0 Å². The molecular weight excluding hydrogens is 308 g/mol. The molecule has 0 aliphatic carbocycles. The Kier molecular flexibility index (Phi) is 7.36. The Balaban J connectivity index is 1.91. The van der Waals surface area contributed by atoms with Crippen molar-refractivity contribution in [2.45, 2.75) is 0 Å². The molecule has 0 unspecified atom stereocenters. The van der Waals surface area contributed by atoms with E-state index in [1.165, 1.54) is 0 Å². The second-order valence-electron chi connectivity index (χ2n) is 4.81. The van der Waals surface area contributed by atoms with Crippen molar-refractivity contribution in [3.63, 3.8) is 0 Å². The maximum Gasteiger partial charge on any atom is 0.251 e. The fourth-order valence-electron chi connectivity index (χ4n) is 1.92. The molecule has 120 valence electrons. The van der Waals surface area contributed by atoms with Gasteiger partial charge < -0.3 is 10.4 Å². The summed E-state index contributed by atoms with van der Waals surface area (Å²) < 4.78 is 0. The summed E-state index contributed by atoms with van der Waals surface area (Å²) >= 11 is 1.61. The summed E-state index contributed by atoms with van der Waals surface area (Å²) in [5, 5.41) is 11.6. The molecule has 0 bridgehead atoms. The van der Waals surface area contributed by atoms with Crippen LogP contribution in [-0.2, 0) is 0 Å². The first-order valence-corrected chi connectivity index (χ1v) is 8.61. The highest BCUT2D eigenvalue weighted by molar-refractivity contribution is 7.99. The number of thioether (sulfide) groups is 1. The number of amides is 1. The summed E-state index contributed by atoms with van der Waals surface area (Å²) in [6.45, 7) is 0.751. The van der Waals surface area contributed by atoms with Gasteiger partial charge in [-0.15, -0.1) is 0 Å². The predicted octanol–water partition coefficient (Wildman–Crippen LogP) is 2.89. The third-order valence-electron chi connectivity index (χ3n) is 3.04. The Morgan fingerprint density at radius 1 is 1.13 bits per heavy atom. The normalized spacial score (nSPS) is 10.8. The minimum Gasteiger partial charge on any atom is -0.396 e. The van der Waals surface area contributed by atoms with Gasteiger partial charge in [0.05, 0.1) is 12.3 Å². The summed E-state index contributed by atoms with van der Waals surface area (Å²) in [4.78, 5) is 16.5. The van der Waals surface area contributed by atoms with Crippen LogP contribution in [0.4, 0.5) is 5.69 Å². The van der Waals surface area contributed by atoms with Gasteiger partial charge in [-0.25, -0.2) is 0 Å². The molecule has 4 nitrogen and oxygen atoms in total. The van der Waals surface area contributed by atoms with Crippen LogP contribution in [0.15, 0.2) is 59.6 Å². The standard InChI is InChI=1S/C18H20N2O2S/c21-10-12-23-11-9-19-18(22)16-7-4-8-17(13-16)20-14-15-5-2-1-3-6-15/h1-8,13-14,21H,9-12H2,(H,19,22). The van der Waals surface area contributed by atoms with Crippen molar-refractivity contribution < 1.29 is 9.90 Å². The maximum absolute atomic E-state index is 12.1. The molecule has 0 spiro atoms. The van der Waals surface area contributed by atoms with Crippen LogP contribution in [-0.4, -0.2) is 41.9 Å². The van der Waals surface area contributed by atoms with E-state index in [2.05, 4.69) is 10.3 Å². The number of aliphatic hydroxyl groups excluding tert-OH is 1. The highest BCUT2D eigenvalue weighted by Crippen LogP contribution is 2.14. The second kappa shape index (κ2) is 9.82. The number of hydrogen-bond donors (Lipinski definition) is 2. The molecule has 0 aliphatic heterocycles. The number of nitrogens with zero attached hydrogens (tertiary/aromatic N) is 1. The molecule has 0 saturated heterocycles. The molecule has 0 heterocycles. The molecule has 0 saturated carbocycles. The van der Waals surface area contributed by atoms with Gasteiger partial charge in [-0.05, 0) is 23.8 Å². The van der Waals surface area contributed by atoms with Gasteiger partial charge in [0.1, 0.15) is 0 Å². The molecule has 0 aliphatic rings. The summed E-state index contributed by atoms with van der Waals surface area (Å²) in [5.41, 5.74) is 2.36. The van der Waals surface area contributed by atoms with Crippen LogP contribution in [0, 0.1) is 0 Å². The molecule has 1 amide bonds. The van der Waals surface area contributed by atoms with Gasteiger partial charge in [0.25, 0.3) is 5.91 Å². The van der Waals surface area contributed by atoms with Gasteiger partial charge in [-0.1, -0.05) is 36.4 Å². The minimum atomic E-state index is -0.105. The maximum atomic E-state index is 12.1. The molecule has 0 aromatic heterocycles. The Morgan fingerprint density at radius 3 is 2.74 bits per heavy atom. The molecule has 23 heavy (non-hydrogen) atoms. The summed E-state index contributed by atoms with van der Waals surface area (Å²) in [6.07, 6.45) is 1.78. The lowest BCUT2D eigenvalue weighted by molar-refractivity contribution is 0.0956. The third kappa shape index (κ3) is 6.26. The molecule has 0 atom stereocenters. The van der Waals surface area contributed by atoms with E-state index in [-0.39, 0.29) is 12.5 Å². The first kappa shape index (κ1) is 17.2. The summed E-state index contributed by atoms with van der Waals surface area (Å²) in [7, 11) is 0. The molecule has 5 heteroatoms. The fourth-order valence-corrected chi connectivity index (χ4v) is 2.50. The first-order valence-electron chi connectivity index (χ1n) is 7.45. The van der Waals surface area contributed by atoms with E-state index in [0.29, 0.717) is 17.9 Å².